The average Bonchev–Trinajstić information content (AvgIpc) is 3.00. The molecule has 4 nitrogen and oxygen atoms in total. The maximum absolute atomic E-state index is 6.23. The molecule has 1 aromatic carbocycles. The Morgan fingerprint density at radius 1 is 1.43 bits per heavy atom. The maximum atomic E-state index is 6.23. The fourth-order valence-corrected chi connectivity index (χ4v) is 2.97. The van der Waals surface area contributed by atoms with Crippen LogP contribution in [-0.4, -0.2) is 23.4 Å². The van der Waals surface area contributed by atoms with E-state index in [0.717, 1.165) is 42.2 Å². The first-order chi connectivity index (χ1) is 10.3. The third kappa shape index (κ3) is 2.36. The van der Waals surface area contributed by atoms with Crippen LogP contribution in [0.1, 0.15) is 32.3 Å². The highest BCUT2D eigenvalue weighted by molar-refractivity contribution is 6.00. The van der Waals surface area contributed by atoms with E-state index >= 15 is 0 Å². The fraction of sp³-hybridized carbons (Fsp3) is 0.353. The molecule has 2 aliphatic rings. The molecule has 0 amide bonds. The molecule has 21 heavy (non-hydrogen) atoms. The highest BCUT2D eigenvalue weighted by atomic mass is 15.3. The Bertz CT molecular complexity index is 628. The molecule has 0 bridgehead atoms. The van der Waals surface area contributed by atoms with E-state index < -0.39 is 0 Å². The predicted octanol–water partition coefficient (Wildman–Crippen LogP) is 3.26. The van der Waals surface area contributed by atoms with Gasteiger partial charge < -0.3 is 10.6 Å². The molecule has 0 radical (unpaired) electrons. The van der Waals surface area contributed by atoms with E-state index in [1.165, 1.54) is 5.70 Å². The van der Waals surface area contributed by atoms with Crippen molar-refractivity contribution in [3.05, 3.63) is 42.0 Å². The third-order valence-corrected chi connectivity index (χ3v) is 3.87. The molecule has 1 aromatic rings. The molecule has 0 aliphatic carbocycles. The second-order valence-corrected chi connectivity index (χ2v) is 5.27. The normalized spacial score (nSPS) is 22.6. The number of anilines is 1. The van der Waals surface area contributed by atoms with E-state index in [4.69, 9.17) is 10.7 Å². The van der Waals surface area contributed by atoms with Crippen LogP contribution < -0.4 is 11.1 Å². The number of nitrogen functional groups attached to an aromatic ring is 1. The van der Waals surface area contributed by atoms with Gasteiger partial charge in [0.2, 0.25) is 0 Å². The minimum Gasteiger partial charge on any atom is -0.398 e. The molecule has 3 rings (SSSR count). The summed E-state index contributed by atoms with van der Waals surface area (Å²) in [5, 5.41) is 3.48. The van der Waals surface area contributed by atoms with Gasteiger partial charge in [-0.15, -0.1) is 0 Å². The van der Waals surface area contributed by atoms with Crippen LogP contribution in [0, 0.1) is 0 Å². The molecule has 4 heteroatoms. The first-order valence-corrected chi connectivity index (χ1v) is 7.62. The second-order valence-electron chi connectivity index (χ2n) is 5.27. The zero-order valence-corrected chi connectivity index (χ0v) is 12.6. The van der Waals surface area contributed by atoms with Crippen LogP contribution in [0.15, 0.2) is 41.4 Å². The number of hydrogen-bond donors (Lipinski definition) is 2. The molecule has 0 spiro atoms. The van der Waals surface area contributed by atoms with Crippen molar-refractivity contribution in [3.8, 4) is 0 Å². The quantitative estimate of drug-likeness (QED) is 0.661. The number of nitrogens with two attached hydrogens (primary N) is 1. The van der Waals surface area contributed by atoms with Crippen LogP contribution in [0.4, 0.5) is 11.4 Å². The molecule has 0 fully saturated rings. The average molecular weight is 282 g/mol. The summed E-state index contributed by atoms with van der Waals surface area (Å²) in [6.45, 7) is 5.19. The molecule has 0 saturated heterocycles. The molecule has 0 aromatic heterocycles. The van der Waals surface area contributed by atoms with E-state index in [1.54, 1.807) is 0 Å². The largest absolute Gasteiger partial charge is 0.398 e. The van der Waals surface area contributed by atoms with Gasteiger partial charge >= 0.3 is 0 Å². The lowest BCUT2D eigenvalue weighted by atomic mass is 10.0. The zero-order valence-electron chi connectivity index (χ0n) is 12.6. The number of hydrogen-bond acceptors (Lipinski definition) is 4. The molecular weight excluding hydrogens is 260 g/mol. The van der Waals surface area contributed by atoms with Gasteiger partial charge in [-0.25, -0.2) is 4.99 Å². The molecule has 2 aliphatic heterocycles. The van der Waals surface area contributed by atoms with Crippen LogP contribution in [0.3, 0.4) is 0 Å². The van der Waals surface area contributed by atoms with Gasteiger partial charge in [-0.3, -0.25) is 5.32 Å². The Labute approximate surface area is 126 Å². The lowest BCUT2D eigenvalue weighted by Gasteiger charge is -2.37. The van der Waals surface area contributed by atoms with Gasteiger partial charge in [-0.1, -0.05) is 32.1 Å². The molecular formula is C17H22N4. The highest BCUT2D eigenvalue weighted by Gasteiger charge is 2.30. The number of nitrogens with one attached hydrogen (secondary N) is 1. The van der Waals surface area contributed by atoms with E-state index in [0.29, 0.717) is 0 Å². The van der Waals surface area contributed by atoms with Gasteiger partial charge in [0.1, 0.15) is 12.0 Å². The van der Waals surface area contributed by atoms with E-state index in [-0.39, 0.29) is 6.17 Å². The number of allylic oxidation sites excluding steroid dienone is 1. The fourth-order valence-electron chi connectivity index (χ4n) is 2.97. The molecule has 0 saturated carbocycles. The minimum absolute atomic E-state index is 0.161. The number of fused-ring (bicyclic) bond motifs is 1. The van der Waals surface area contributed by atoms with Gasteiger partial charge in [0.15, 0.2) is 0 Å². The van der Waals surface area contributed by atoms with E-state index in [1.807, 2.05) is 18.2 Å². The monoisotopic (exact) mass is 282 g/mol. The minimum atomic E-state index is 0.161. The van der Waals surface area contributed by atoms with Crippen molar-refractivity contribution in [1.82, 2.24) is 10.2 Å². The lowest BCUT2D eigenvalue weighted by Crippen LogP contribution is -2.45. The number of benzene rings is 1. The Balaban J connectivity index is 2.17. The Morgan fingerprint density at radius 3 is 2.95 bits per heavy atom. The summed E-state index contributed by atoms with van der Waals surface area (Å²) in [7, 11) is 0. The van der Waals surface area contributed by atoms with Gasteiger partial charge in [0.05, 0.1) is 11.4 Å². The van der Waals surface area contributed by atoms with Crippen LogP contribution in [0.25, 0.3) is 5.70 Å². The summed E-state index contributed by atoms with van der Waals surface area (Å²) in [6, 6.07) is 5.96. The molecule has 2 heterocycles. The zero-order chi connectivity index (χ0) is 14.8. The molecule has 3 N–H and O–H groups in total. The summed E-state index contributed by atoms with van der Waals surface area (Å²) in [6.07, 6.45) is 8.61. The summed E-state index contributed by atoms with van der Waals surface area (Å²) in [4.78, 5) is 7.11. The molecule has 1 unspecified atom stereocenters. The standard InChI is InChI=1S/C17H22N4/c1-3-7-14-17-12(18)8-5-9-13(17)20-15(4-2)21(14)16-10-6-11-19-16/h5-10,16,19H,3-4,11,18H2,1-2H3/b14-7+. The van der Waals surface area contributed by atoms with Gasteiger partial charge in [0.25, 0.3) is 0 Å². The summed E-state index contributed by atoms with van der Waals surface area (Å²) < 4.78 is 0. The van der Waals surface area contributed by atoms with Crippen LogP contribution in [0.5, 0.6) is 0 Å². The number of rotatable bonds is 3. The van der Waals surface area contributed by atoms with Gasteiger partial charge in [-0.05, 0) is 24.6 Å². The summed E-state index contributed by atoms with van der Waals surface area (Å²) in [5.74, 6) is 1.08. The Morgan fingerprint density at radius 2 is 2.29 bits per heavy atom. The van der Waals surface area contributed by atoms with Crippen LogP contribution >= 0.6 is 0 Å². The first kappa shape index (κ1) is 13.9. The Kier molecular flexibility index (Phi) is 3.80. The molecule has 110 valence electrons. The number of nitrogens with zero attached hydrogens (tertiary/aromatic N) is 2. The molecule has 1 atom stereocenters. The van der Waals surface area contributed by atoms with Crippen molar-refractivity contribution in [1.29, 1.82) is 0 Å². The van der Waals surface area contributed by atoms with E-state index in [9.17, 15) is 0 Å². The summed E-state index contributed by atoms with van der Waals surface area (Å²) >= 11 is 0. The van der Waals surface area contributed by atoms with Crippen molar-refractivity contribution < 1.29 is 0 Å². The number of aliphatic imine (C=N–C) groups is 1. The maximum Gasteiger partial charge on any atom is 0.111 e. The Hall–Kier alpha value is -2.07. The van der Waals surface area contributed by atoms with Crippen molar-refractivity contribution >= 4 is 22.9 Å². The van der Waals surface area contributed by atoms with Crippen molar-refractivity contribution in [2.45, 2.75) is 32.9 Å². The summed E-state index contributed by atoms with van der Waals surface area (Å²) in [5.41, 5.74) is 10.2. The van der Waals surface area contributed by atoms with Gasteiger partial charge in [0, 0.05) is 24.2 Å². The number of amidine groups is 1. The second kappa shape index (κ2) is 5.74. The lowest BCUT2D eigenvalue weighted by molar-refractivity contribution is 0.431. The van der Waals surface area contributed by atoms with Crippen molar-refractivity contribution in [3.63, 3.8) is 0 Å². The SMILES string of the molecule is CC/C=C1\c2c(N)cccc2N=C(CC)N1C1C=CCN1. The smallest absolute Gasteiger partial charge is 0.111 e. The van der Waals surface area contributed by atoms with Crippen molar-refractivity contribution in [2.24, 2.45) is 4.99 Å². The van der Waals surface area contributed by atoms with Crippen LogP contribution in [0.2, 0.25) is 0 Å². The first-order valence-electron chi connectivity index (χ1n) is 7.62. The predicted molar refractivity (Wildman–Crippen MR) is 89.3 cm³/mol. The van der Waals surface area contributed by atoms with Crippen molar-refractivity contribution in [2.75, 3.05) is 12.3 Å². The third-order valence-electron chi connectivity index (χ3n) is 3.87. The van der Waals surface area contributed by atoms with Gasteiger partial charge in [-0.2, -0.15) is 0 Å². The van der Waals surface area contributed by atoms with E-state index in [2.05, 4.69) is 42.3 Å². The highest BCUT2D eigenvalue weighted by Crippen LogP contribution is 2.39. The topological polar surface area (TPSA) is 53.6 Å². The van der Waals surface area contributed by atoms with Crippen LogP contribution in [-0.2, 0) is 0 Å².